The molecular formula is C11H18O5. The molecule has 0 radical (unpaired) electrons. The Balaban J connectivity index is 2.03. The number of methoxy groups -OCH3 is 1. The third-order valence-corrected chi connectivity index (χ3v) is 2.65. The van der Waals surface area contributed by atoms with Gasteiger partial charge < -0.3 is 14.2 Å². The standard InChI is InChI=1S/C11H18O5/c1-8-9(16-11(13)15-8)6-4-3-5-7-10(12)14-2/h8-9H,3-7H2,1-2H3. The van der Waals surface area contributed by atoms with E-state index in [-0.39, 0.29) is 18.2 Å². The van der Waals surface area contributed by atoms with Crippen LogP contribution >= 0.6 is 0 Å². The van der Waals surface area contributed by atoms with E-state index in [4.69, 9.17) is 9.47 Å². The molecule has 1 heterocycles. The lowest BCUT2D eigenvalue weighted by Gasteiger charge is -2.10. The van der Waals surface area contributed by atoms with Crippen LogP contribution in [0.1, 0.15) is 39.0 Å². The number of carbonyl (C=O) groups is 2. The van der Waals surface area contributed by atoms with Crippen molar-refractivity contribution in [1.29, 1.82) is 0 Å². The molecule has 0 saturated carbocycles. The molecule has 0 aromatic carbocycles. The summed E-state index contributed by atoms with van der Waals surface area (Å²) < 4.78 is 14.4. The molecule has 2 atom stereocenters. The van der Waals surface area contributed by atoms with E-state index < -0.39 is 6.16 Å². The van der Waals surface area contributed by atoms with Crippen LogP contribution in [0.15, 0.2) is 0 Å². The fourth-order valence-electron chi connectivity index (χ4n) is 1.66. The van der Waals surface area contributed by atoms with Crippen LogP contribution in [-0.2, 0) is 19.0 Å². The Morgan fingerprint density at radius 3 is 2.62 bits per heavy atom. The van der Waals surface area contributed by atoms with Gasteiger partial charge in [0.2, 0.25) is 0 Å². The summed E-state index contributed by atoms with van der Waals surface area (Å²) in [5, 5.41) is 0. The molecule has 92 valence electrons. The maximum Gasteiger partial charge on any atom is 0.509 e. The summed E-state index contributed by atoms with van der Waals surface area (Å²) in [6.45, 7) is 1.82. The molecule has 0 amide bonds. The van der Waals surface area contributed by atoms with Gasteiger partial charge in [0.05, 0.1) is 7.11 Å². The summed E-state index contributed by atoms with van der Waals surface area (Å²) >= 11 is 0. The van der Waals surface area contributed by atoms with Gasteiger partial charge in [-0.25, -0.2) is 4.79 Å². The smallest absolute Gasteiger partial charge is 0.469 e. The average Bonchev–Trinajstić information content (AvgIpc) is 2.56. The fourth-order valence-corrected chi connectivity index (χ4v) is 1.66. The third kappa shape index (κ3) is 4.08. The normalized spacial score (nSPS) is 23.8. The molecule has 1 aliphatic heterocycles. The van der Waals surface area contributed by atoms with Crippen molar-refractivity contribution in [3.63, 3.8) is 0 Å². The van der Waals surface area contributed by atoms with Gasteiger partial charge >= 0.3 is 12.1 Å². The SMILES string of the molecule is COC(=O)CCCCCC1OC(=O)OC1C. The van der Waals surface area contributed by atoms with Gasteiger partial charge in [-0.15, -0.1) is 0 Å². The Kier molecular flexibility index (Phi) is 5.08. The second-order valence-corrected chi connectivity index (χ2v) is 3.90. The monoisotopic (exact) mass is 230 g/mol. The lowest BCUT2D eigenvalue weighted by atomic mass is 10.1. The molecule has 2 unspecified atom stereocenters. The molecule has 5 heteroatoms. The highest BCUT2D eigenvalue weighted by atomic mass is 16.8. The minimum Gasteiger partial charge on any atom is -0.469 e. The summed E-state index contributed by atoms with van der Waals surface area (Å²) in [5.41, 5.74) is 0. The lowest BCUT2D eigenvalue weighted by molar-refractivity contribution is -0.140. The molecule has 0 N–H and O–H groups in total. The number of rotatable bonds is 6. The number of unbranched alkanes of at least 4 members (excludes halogenated alkanes) is 2. The largest absolute Gasteiger partial charge is 0.509 e. The van der Waals surface area contributed by atoms with Crippen molar-refractivity contribution in [2.75, 3.05) is 7.11 Å². The summed E-state index contributed by atoms with van der Waals surface area (Å²) in [4.78, 5) is 21.6. The Morgan fingerprint density at radius 2 is 2.06 bits per heavy atom. The van der Waals surface area contributed by atoms with Crippen molar-refractivity contribution in [2.45, 2.75) is 51.2 Å². The first kappa shape index (κ1) is 12.8. The van der Waals surface area contributed by atoms with E-state index in [0.29, 0.717) is 6.42 Å². The molecule has 0 aromatic heterocycles. The molecule has 1 saturated heterocycles. The van der Waals surface area contributed by atoms with E-state index in [9.17, 15) is 9.59 Å². The second-order valence-electron chi connectivity index (χ2n) is 3.90. The Morgan fingerprint density at radius 1 is 1.31 bits per heavy atom. The number of cyclic esters (lactones) is 2. The van der Waals surface area contributed by atoms with Gasteiger partial charge in [-0.1, -0.05) is 6.42 Å². The Hall–Kier alpha value is -1.26. The minimum atomic E-state index is -0.577. The van der Waals surface area contributed by atoms with Gasteiger partial charge in [-0.2, -0.15) is 0 Å². The molecule has 1 aliphatic rings. The number of hydrogen-bond donors (Lipinski definition) is 0. The van der Waals surface area contributed by atoms with Gasteiger partial charge in [0.1, 0.15) is 12.2 Å². The predicted octanol–water partition coefficient (Wildman–Crippen LogP) is 2.03. The number of esters is 1. The van der Waals surface area contributed by atoms with Crippen molar-refractivity contribution < 1.29 is 23.8 Å². The van der Waals surface area contributed by atoms with Crippen LogP contribution in [0.25, 0.3) is 0 Å². The highest BCUT2D eigenvalue weighted by molar-refractivity contribution is 5.68. The van der Waals surface area contributed by atoms with E-state index in [1.807, 2.05) is 6.92 Å². The van der Waals surface area contributed by atoms with Crippen LogP contribution in [0, 0.1) is 0 Å². The van der Waals surface area contributed by atoms with Crippen molar-refractivity contribution in [3.05, 3.63) is 0 Å². The number of ether oxygens (including phenoxy) is 3. The quantitative estimate of drug-likeness (QED) is 0.516. The van der Waals surface area contributed by atoms with E-state index in [2.05, 4.69) is 4.74 Å². The first-order valence-corrected chi connectivity index (χ1v) is 5.57. The lowest BCUT2D eigenvalue weighted by Crippen LogP contribution is -2.18. The zero-order chi connectivity index (χ0) is 12.0. The van der Waals surface area contributed by atoms with E-state index in [0.717, 1.165) is 25.7 Å². The van der Waals surface area contributed by atoms with Gasteiger partial charge in [0, 0.05) is 6.42 Å². The summed E-state index contributed by atoms with van der Waals surface area (Å²) in [7, 11) is 1.39. The van der Waals surface area contributed by atoms with Crippen molar-refractivity contribution in [1.82, 2.24) is 0 Å². The summed E-state index contributed by atoms with van der Waals surface area (Å²) in [6.07, 6.45) is 3.02. The first-order chi connectivity index (χ1) is 7.63. The van der Waals surface area contributed by atoms with Crippen LogP contribution in [-0.4, -0.2) is 31.4 Å². The minimum absolute atomic E-state index is 0.134. The highest BCUT2D eigenvalue weighted by Crippen LogP contribution is 2.20. The Bertz CT molecular complexity index is 251. The van der Waals surface area contributed by atoms with Crippen molar-refractivity contribution >= 4 is 12.1 Å². The van der Waals surface area contributed by atoms with Crippen LogP contribution in [0.2, 0.25) is 0 Å². The molecule has 0 spiro atoms. The molecular weight excluding hydrogens is 212 g/mol. The van der Waals surface area contributed by atoms with Gasteiger partial charge in [0.15, 0.2) is 0 Å². The molecule has 0 aliphatic carbocycles. The van der Waals surface area contributed by atoms with E-state index in [1.165, 1.54) is 7.11 Å². The fraction of sp³-hybridized carbons (Fsp3) is 0.818. The maximum atomic E-state index is 10.8. The van der Waals surface area contributed by atoms with Gasteiger partial charge in [0.25, 0.3) is 0 Å². The first-order valence-electron chi connectivity index (χ1n) is 5.57. The van der Waals surface area contributed by atoms with Crippen molar-refractivity contribution in [2.24, 2.45) is 0 Å². The van der Waals surface area contributed by atoms with Crippen LogP contribution in [0.5, 0.6) is 0 Å². The third-order valence-electron chi connectivity index (χ3n) is 2.65. The average molecular weight is 230 g/mol. The topological polar surface area (TPSA) is 61.8 Å². The molecule has 5 nitrogen and oxygen atoms in total. The zero-order valence-corrected chi connectivity index (χ0v) is 9.73. The van der Waals surface area contributed by atoms with Crippen LogP contribution in [0.3, 0.4) is 0 Å². The summed E-state index contributed by atoms with van der Waals surface area (Å²) in [5.74, 6) is -0.177. The Labute approximate surface area is 95.0 Å². The highest BCUT2D eigenvalue weighted by Gasteiger charge is 2.32. The van der Waals surface area contributed by atoms with Gasteiger partial charge in [-0.3, -0.25) is 4.79 Å². The molecule has 0 bridgehead atoms. The zero-order valence-electron chi connectivity index (χ0n) is 9.73. The predicted molar refractivity (Wildman–Crippen MR) is 55.9 cm³/mol. The van der Waals surface area contributed by atoms with Crippen LogP contribution in [0.4, 0.5) is 4.79 Å². The molecule has 1 rings (SSSR count). The van der Waals surface area contributed by atoms with Gasteiger partial charge in [-0.05, 0) is 26.2 Å². The maximum absolute atomic E-state index is 10.8. The van der Waals surface area contributed by atoms with Crippen molar-refractivity contribution in [3.8, 4) is 0 Å². The summed E-state index contributed by atoms with van der Waals surface area (Å²) in [6, 6.07) is 0. The van der Waals surface area contributed by atoms with E-state index in [1.54, 1.807) is 0 Å². The molecule has 0 aromatic rings. The molecule has 1 fully saturated rings. The van der Waals surface area contributed by atoms with Crippen LogP contribution < -0.4 is 0 Å². The number of carbonyl (C=O) groups excluding carboxylic acids is 2. The number of hydrogen-bond acceptors (Lipinski definition) is 5. The second kappa shape index (κ2) is 6.35. The molecule has 16 heavy (non-hydrogen) atoms. The van der Waals surface area contributed by atoms with E-state index >= 15 is 0 Å².